The number of anilines is 1. The Morgan fingerprint density at radius 2 is 1.71 bits per heavy atom. The lowest BCUT2D eigenvalue weighted by Gasteiger charge is -2.16. The first kappa shape index (κ1) is 13.1. The Balaban J connectivity index is 1.93. The Hall–Kier alpha value is -2.88. The van der Waals surface area contributed by atoms with Crippen molar-refractivity contribution in [1.82, 2.24) is 0 Å². The van der Waals surface area contributed by atoms with Crippen LogP contribution in [0.25, 0.3) is 0 Å². The molecule has 0 aromatic heterocycles. The van der Waals surface area contributed by atoms with Gasteiger partial charge >= 0.3 is 0 Å². The highest BCUT2D eigenvalue weighted by atomic mass is 16.5. The van der Waals surface area contributed by atoms with Gasteiger partial charge in [0.05, 0.1) is 12.8 Å². The summed E-state index contributed by atoms with van der Waals surface area (Å²) in [7, 11) is 1.57. The molecule has 0 amide bonds. The van der Waals surface area contributed by atoms with Crippen molar-refractivity contribution in [3.63, 3.8) is 0 Å². The van der Waals surface area contributed by atoms with E-state index >= 15 is 0 Å². The molecule has 0 bridgehead atoms. The van der Waals surface area contributed by atoms with Crippen LogP contribution in [0.4, 0.5) is 5.69 Å². The highest BCUT2D eigenvalue weighted by Gasteiger charge is 2.25. The fourth-order valence-electron chi connectivity index (χ4n) is 2.26. The quantitative estimate of drug-likeness (QED) is 0.938. The molecule has 1 N–H and O–H groups in total. The number of ketones is 2. The van der Waals surface area contributed by atoms with E-state index in [9.17, 15) is 9.59 Å². The average molecular weight is 279 g/mol. The summed E-state index contributed by atoms with van der Waals surface area (Å²) in [4.78, 5) is 24.5. The fraction of sp³-hybridized carbons (Fsp3) is 0.0588. The Labute approximate surface area is 122 Å². The Morgan fingerprint density at radius 1 is 0.952 bits per heavy atom. The largest absolute Gasteiger partial charge is 0.497 e. The van der Waals surface area contributed by atoms with E-state index in [0.29, 0.717) is 22.6 Å². The lowest BCUT2D eigenvalue weighted by molar-refractivity contribution is 0.0985. The maximum Gasteiger partial charge on any atom is 0.210 e. The number of fused-ring (bicyclic) bond motifs is 1. The zero-order chi connectivity index (χ0) is 14.8. The number of hydrogen-bond acceptors (Lipinski definition) is 4. The third-order valence-corrected chi connectivity index (χ3v) is 3.31. The molecule has 104 valence electrons. The van der Waals surface area contributed by atoms with Gasteiger partial charge in [-0.2, -0.15) is 0 Å². The minimum absolute atomic E-state index is 0.171. The van der Waals surface area contributed by atoms with Gasteiger partial charge in [-0.15, -0.1) is 0 Å². The molecule has 4 nitrogen and oxygen atoms in total. The number of rotatable bonds is 3. The van der Waals surface area contributed by atoms with E-state index in [1.807, 2.05) is 18.2 Å². The normalized spacial score (nSPS) is 13.5. The molecule has 1 aliphatic carbocycles. The van der Waals surface area contributed by atoms with Crippen LogP contribution in [0.5, 0.6) is 5.75 Å². The lowest BCUT2D eigenvalue weighted by atomic mass is 9.92. The number of allylic oxidation sites excluding steroid dienone is 2. The lowest BCUT2D eigenvalue weighted by Crippen LogP contribution is -2.21. The molecule has 3 rings (SSSR count). The van der Waals surface area contributed by atoms with Crippen LogP contribution in [0.3, 0.4) is 0 Å². The molecule has 0 fully saturated rings. The predicted octanol–water partition coefficient (Wildman–Crippen LogP) is 3.07. The summed E-state index contributed by atoms with van der Waals surface area (Å²) in [5, 5.41) is 2.99. The molecule has 0 saturated heterocycles. The second kappa shape index (κ2) is 5.25. The van der Waals surface area contributed by atoms with Crippen LogP contribution in [-0.2, 0) is 0 Å². The Bertz CT molecular complexity index is 762. The van der Waals surface area contributed by atoms with Crippen molar-refractivity contribution in [2.75, 3.05) is 12.4 Å². The van der Waals surface area contributed by atoms with Gasteiger partial charge in [0.1, 0.15) is 5.75 Å². The van der Waals surface area contributed by atoms with Crippen molar-refractivity contribution in [1.29, 1.82) is 0 Å². The van der Waals surface area contributed by atoms with E-state index in [0.717, 1.165) is 0 Å². The summed E-state index contributed by atoms with van der Waals surface area (Å²) < 4.78 is 5.14. The summed E-state index contributed by atoms with van der Waals surface area (Å²) in [5.41, 5.74) is 1.84. The van der Waals surface area contributed by atoms with E-state index in [1.165, 1.54) is 6.08 Å². The maximum absolute atomic E-state index is 12.4. The summed E-state index contributed by atoms with van der Waals surface area (Å²) in [6, 6.07) is 14.0. The van der Waals surface area contributed by atoms with Gasteiger partial charge in [-0.05, 0) is 12.1 Å². The van der Waals surface area contributed by atoms with Gasteiger partial charge < -0.3 is 10.1 Å². The number of ether oxygens (including phenoxy) is 1. The second-order valence-corrected chi connectivity index (χ2v) is 4.65. The average Bonchev–Trinajstić information content (AvgIpc) is 2.52. The fourth-order valence-corrected chi connectivity index (χ4v) is 2.26. The van der Waals surface area contributed by atoms with Gasteiger partial charge in [0.2, 0.25) is 5.78 Å². The van der Waals surface area contributed by atoms with E-state index in [2.05, 4.69) is 5.32 Å². The molecule has 2 aromatic rings. The number of carbonyl (C=O) groups is 2. The zero-order valence-corrected chi connectivity index (χ0v) is 11.4. The molecule has 0 atom stereocenters. The Morgan fingerprint density at radius 3 is 2.48 bits per heavy atom. The van der Waals surface area contributed by atoms with Gasteiger partial charge in [0.15, 0.2) is 5.78 Å². The molecule has 4 heteroatoms. The van der Waals surface area contributed by atoms with E-state index in [1.54, 1.807) is 37.4 Å². The molecular formula is C17H13NO3. The smallest absolute Gasteiger partial charge is 0.210 e. The molecule has 2 aromatic carbocycles. The van der Waals surface area contributed by atoms with Crippen molar-refractivity contribution < 1.29 is 14.3 Å². The molecule has 0 unspecified atom stereocenters. The first-order chi connectivity index (χ1) is 10.2. The van der Waals surface area contributed by atoms with Crippen molar-refractivity contribution in [2.24, 2.45) is 0 Å². The minimum Gasteiger partial charge on any atom is -0.497 e. The SMILES string of the molecule is COc1cccc(NC2=CC(=O)c3ccccc3C2=O)c1. The summed E-state index contributed by atoms with van der Waals surface area (Å²) in [6.07, 6.45) is 1.34. The third kappa shape index (κ3) is 2.43. The van der Waals surface area contributed by atoms with E-state index < -0.39 is 0 Å². The van der Waals surface area contributed by atoms with E-state index in [4.69, 9.17) is 4.74 Å². The summed E-state index contributed by atoms with van der Waals surface area (Å²) in [5.74, 6) is 0.319. The van der Waals surface area contributed by atoms with E-state index in [-0.39, 0.29) is 17.3 Å². The van der Waals surface area contributed by atoms with Crippen LogP contribution in [0, 0.1) is 0 Å². The molecular weight excluding hydrogens is 266 g/mol. The van der Waals surface area contributed by atoms with Gasteiger partial charge in [-0.1, -0.05) is 30.3 Å². The van der Waals surface area contributed by atoms with Crippen molar-refractivity contribution in [2.45, 2.75) is 0 Å². The minimum atomic E-state index is -0.187. The molecule has 0 radical (unpaired) electrons. The number of Topliss-reactive ketones (excluding diaryl/α,β-unsaturated/α-hetero) is 1. The topological polar surface area (TPSA) is 55.4 Å². The molecule has 21 heavy (non-hydrogen) atoms. The standard InChI is InChI=1S/C17H13NO3/c1-21-12-6-4-5-11(9-12)18-15-10-16(19)13-7-2-3-8-14(13)17(15)20/h2-10,18H,1H3. The number of hydrogen-bond donors (Lipinski definition) is 1. The molecule has 0 saturated carbocycles. The maximum atomic E-state index is 12.4. The van der Waals surface area contributed by atoms with Crippen LogP contribution in [-0.4, -0.2) is 18.7 Å². The first-order valence-electron chi connectivity index (χ1n) is 6.50. The number of nitrogens with one attached hydrogen (secondary N) is 1. The predicted molar refractivity (Wildman–Crippen MR) is 79.8 cm³/mol. The number of methoxy groups -OCH3 is 1. The summed E-state index contributed by atoms with van der Waals surface area (Å²) >= 11 is 0. The van der Waals surface area contributed by atoms with Gasteiger partial charge in [-0.25, -0.2) is 0 Å². The Kier molecular flexibility index (Phi) is 3.28. The second-order valence-electron chi connectivity index (χ2n) is 4.65. The number of carbonyl (C=O) groups excluding carboxylic acids is 2. The van der Waals surface area contributed by atoms with Gasteiger partial charge in [0.25, 0.3) is 0 Å². The van der Waals surface area contributed by atoms with Gasteiger partial charge in [-0.3, -0.25) is 9.59 Å². The van der Waals surface area contributed by atoms with Crippen LogP contribution < -0.4 is 10.1 Å². The van der Waals surface area contributed by atoms with Crippen LogP contribution in [0.1, 0.15) is 20.7 Å². The molecule has 1 aliphatic rings. The van der Waals surface area contributed by atoms with Crippen molar-refractivity contribution >= 4 is 17.3 Å². The highest BCUT2D eigenvalue weighted by Crippen LogP contribution is 2.24. The zero-order valence-electron chi connectivity index (χ0n) is 11.4. The third-order valence-electron chi connectivity index (χ3n) is 3.31. The van der Waals surface area contributed by atoms with Crippen molar-refractivity contribution in [3.05, 3.63) is 71.4 Å². The first-order valence-corrected chi connectivity index (χ1v) is 6.50. The molecule has 0 spiro atoms. The van der Waals surface area contributed by atoms with Crippen LogP contribution >= 0.6 is 0 Å². The van der Waals surface area contributed by atoms with Crippen LogP contribution in [0.15, 0.2) is 60.3 Å². The monoisotopic (exact) mass is 279 g/mol. The van der Waals surface area contributed by atoms with Crippen LogP contribution in [0.2, 0.25) is 0 Å². The van der Waals surface area contributed by atoms with Crippen molar-refractivity contribution in [3.8, 4) is 5.75 Å². The highest BCUT2D eigenvalue weighted by molar-refractivity contribution is 6.25. The molecule has 0 aliphatic heterocycles. The summed E-state index contributed by atoms with van der Waals surface area (Å²) in [6.45, 7) is 0. The molecule has 0 heterocycles. The van der Waals surface area contributed by atoms with Gasteiger partial charge in [0, 0.05) is 29.0 Å². The number of benzene rings is 2.